The molecule has 1 amide bonds. The van der Waals surface area contributed by atoms with E-state index in [1.165, 1.54) is 0 Å². The molecule has 2 heterocycles. The molecular weight excluding hydrogens is 310 g/mol. The first-order valence-electron chi connectivity index (χ1n) is 8.30. The van der Waals surface area contributed by atoms with Gasteiger partial charge in [0.1, 0.15) is 0 Å². The van der Waals surface area contributed by atoms with E-state index in [0.717, 1.165) is 27.8 Å². The van der Waals surface area contributed by atoms with E-state index < -0.39 is 0 Å². The standard InChI is InChI=1S/C21H19N3O/c1-15-19(18-6-2-3-7-20(18)23-15)14-22-21(25)16-8-10-17(11-9-16)24-12-4-5-13-24/h2-13,23H,14H2,1H3,(H,22,25). The molecule has 4 nitrogen and oxygen atoms in total. The molecule has 25 heavy (non-hydrogen) atoms. The second kappa shape index (κ2) is 6.32. The number of rotatable bonds is 4. The summed E-state index contributed by atoms with van der Waals surface area (Å²) in [6, 6.07) is 19.7. The number of aromatic amines is 1. The SMILES string of the molecule is Cc1[nH]c2ccccc2c1CNC(=O)c1ccc(-n2cccc2)cc1. The predicted octanol–water partition coefficient (Wildman–Crippen LogP) is 4.20. The van der Waals surface area contributed by atoms with Gasteiger partial charge in [0.25, 0.3) is 5.91 Å². The van der Waals surface area contributed by atoms with Crippen LogP contribution in [0.25, 0.3) is 16.6 Å². The Morgan fingerprint density at radius 3 is 2.48 bits per heavy atom. The minimum absolute atomic E-state index is 0.0660. The molecule has 124 valence electrons. The number of hydrogen-bond acceptors (Lipinski definition) is 1. The molecule has 0 aliphatic carbocycles. The zero-order chi connectivity index (χ0) is 17.2. The van der Waals surface area contributed by atoms with Crippen LogP contribution in [0.2, 0.25) is 0 Å². The lowest BCUT2D eigenvalue weighted by atomic mass is 10.1. The predicted molar refractivity (Wildman–Crippen MR) is 100.0 cm³/mol. The van der Waals surface area contributed by atoms with Crippen molar-refractivity contribution in [3.05, 3.63) is 89.9 Å². The fraction of sp³-hybridized carbons (Fsp3) is 0.0952. The lowest BCUT2D eigenvalue weighted by Gasteiger charge is -2.07. The molecule has 4 heteroatoms. The van der Waals surface area contributed by atoms with Gasteiger partial charge < -0.3 is 14.9 Å². The Bertz CT molecular complexity index is 1010. The first kappa shape index (κ1) is 15.3. The van der Waals surface area contributed by atoms with Gasteiger partial charge in [0.05, 0.1) is 0 Å². The Labute approximate surface area is 146 Å². The average Bonchev–Trinajstić information content (AvgIpc) is 3.27. The molecule has 0 bridgehead atoms. The maximum atomic E-state index is 12.5. The minimum Gasteiger partial charge on any atom is -0.358 e. The second-order valence-electron chi connectivity index (χ2n) is 6.09. The maximum Gasteiger partial charge on any atom is 0.251 e. The van der Waals surface area contributed by atoms with Gasteiger partial charge in [0.15, 0.2) is 0 Å². The van der Waals surface area contributed by atoms with E-state index in [2.05, 4.69) is 16.4 Å². The van der Waals surface area contributed by atoms with Crippen molar-refractivity contribution in [1.82, 2.24) is 14.9 Å². The first-order valence-corrected chi connectivity index (χ1v) is 8.30. The van der Waals surface area contributed by atoms with E-state index in [1.807, 2.05) is 78.5 Å². The van der Waals surface area contributed by atoms with Crippen molar-refractivity contribution in [1.29, 1.82) is 0 Å². The third-order valence-corrected chi connectivity index (χ3v) is 4.48. The molecule has 2 aromatic heterocycles. The molecule has 0 radical (unpaired) electrons. The number of nitrogens with one attached hydrogen (secondary N) is 2. The number of para-hydroxylation sites is 1. The summed E-state index contributed by atoms with van der Waals surface area (Å²) in [5, 5.41) is 4.18. The number of H-pyrrole nitrogens is 1. The lowest BCUT2D eigenvalue weighted by molar-refractivity contribution is 0.0951. The molecule has 0 aliphatic heterocycles. The van der Waals surface area contributed by atoms with Gasteiger partial charge in [0, 0.05) is 46.8 Å². The Kier molecular flexibility index (Phi) is 3.86. The summed E-state index contributed by atoms with van der Waals surface area (Å²) >= 11 is 0. The summed E-state index contributed by atoms with van der Waals surface area (Å²) < 4.78 is 2.01. The number of fused-ring (bicyclic) bond motifs is 1. The number of aromatic nitrogens is 2. The van der Waals surface area contributed by atoms with Crippen molar-refractivity contribution in [2.24, 2.45) is 0 Å². The van der Waals surface area contributed by atoms with Crippen molar-refractivity contribution in [2.45, 2.75) is 13.5 Å². The molecular formula is C21H19N3O. The number of aryl methyl sites for hydroxylation is 1. The van der Waals surface area contributed by atoms with E-state index in [0.29, 0.717) is 12.1 Å². The van der Waals surface area contributed by atoms with Crippen LogP contribution in [0.3, 0.4) is 0 Å². The highest BCUT2D eigenvalue weighted by atomic mass is 16.1. The Morgan fingerprint density at radius 1 is 1.00 bits per heavy atom. The monoisotopic (exact) mass is 329 g/mol. The molecule has 0 saturated heterocycles. The summed E-state index contributed by atoms with van der Waals surface area (Å²) in [4.78, 5) is 15.8. The molecule has 4 rings (SSSR count). The summed E-state index contributed by atoms with van der Waals surface area (Å²) in [7, 11) is 0. The second-order valence-corrected chi connectivity index (χ2v) is 6.09. The van der Waals surface area contributed by atoms with Gasteiger partial charge in [-0.05, 0) is 55.0 Å². The third kappa shape index (κ3) is 2.94. The van der Waals surface area contributed by atoms with Crippen molar-refractivity contribution in [3.63, 3.8) is 0 Å². The van der Waals surface area contributed by atoms with Crippen LogP contribution in [0.15, 0.2) is 73.1 Å². The normalized spacial score (nSPS) is 10.9. The van der Waals surface area contributed by atoms with E-state index >= 15 is 0 Å². The van der Waals surface area contributed by atoms with Gasteiger partial charge >= 0.3 is 0 Å². The quantitative estimate of drug-likeness (QED) is 0.579. The van der Waals surface area contributed by atoms with Crippen LogP contribution in [-0.4, -0.2) is 15.5 Å². The molecule has 0 spiro atoms. The first-order chi connectivity index (χ1) is 12.2. The molecule has 0 atom stereocenters. The van der Waals surface area contributed by atoms with Crippen LogP contribution in [0.5, 0.6) is 0 Å². The number of amides is 1. The maximum absolute atomic E-state index is 12.5. The molecule has 2 N–H and O–H groups in total. The summed E-state index contributed by atoms with van der Waals surface area (Å²) in [5.74, 6) is -0.0660. The lowest BCUT2D eigenvalue weighted by Crippen LogP contribution is -2.23. The van der Waals surface area contributed by atoms with Crippen LogP contribution < -0.4 is 5.32 Å². The Balaban J connectivity index is 1.49. The molecule has 0 saturated carbocycles. The number of hydrogen-bond donors (Lipinski definition) is 2. The van der Waals surface area contributed by atoms with Crippen LogP contribution in [0, 0.1) is 6.92 Å². The highest BCUT2D eigenvalue weighted by molar-refractivity contribution is 5.94. The molecule has 0 aliphatic rings. The zero-order valence-corrected chi connectivity index (χ0v) is 14.0. The number of carbonyl (C=O) groups excluding carboxylic acids is 1. The van der Waals surface area contributed by atoms with E-state index in [-0.39, 0.29) is 5.91 Å². The van der Waals surface area contributed by atoms with Crippen LogP contribution >= 0.6 is 0 Å². The fourth-order valence-electron chi connectivity index (χ4n) is 3.12. The number of nitrogens with zero attached hydrogens (tertiary/aromatic N) is 1. The highest BCUT2D eigenvalue weighted by Crippen LogP contribution is 2.21. The van der Waals surface area contributed by atoms with Crippen molar-refractivity contribution in [2.75, 3.05) is 0 Å². The third-order valence-electron chi connectivity index (χ3n) is 4.48. The van der Waals surface area contributed by atoms with Gasteiger partial charge in [-0.2, -0.15) is 0 Å². The van der Waals surface area contributed by atoms with E-state index in [1.54, 1.807) is 0 Å². The van der Waals surface area contributed by atoms with Crippen molar-refractivity contribution >= 4 is 16.8 Å². The summed E-state index contributed by atoms with van der Waals surface area (Å²) in [6.45, 7) is 2.54. The van der Waals surface area contributed by atoms with Crippen molar-refractivity contribution in [3.8, 4) is 5.69 Å². The molecule has 0 unspecified atom stereocenters. The smallest absolute Gasteiger partial charge is 0.251 e. The summed E-state index contributed by atoms with van der Waals surface area (Å²) in [6.07, 6.45) is 3.96. The van der Waals surface area contributed by atoms with Crippen LogP contribution in [-0.2, 0) is 6.54 Å². The minimum atomic E-state index is -0.0660. The average molecular weight is 329 g/mol. The topological polar surface area (TPSA) is 49.8 Å². The zero-order valence-electron chi connectivity index (χ0n) is 14.0. The van der Waals surface area contributed by atoms with E-state index in [9.17, 15) is 4.79 Å². The van der Waals surface area contributed by atoms with Gasteiger partial charge in [-0.25, -0.2) is 0 Å². The number of benzene rings is 2. The fourth-order valence-corrected chi connectivity index (χ4v) is 3.12. The Morgan fingerprint density at radius 2 is 1.72 bits per heavy atom. The van der Waals surface area contributed by atoms with Crippen LogP contribution in [0.1, 0.15) is 21.6 Å². The van der Waals surface area contributed by atoms with Gasteiger partial charge in [0.2, 0.25) is 0 Å². The van der Waals surface area contributed by atoms with Gasteiger partial charge in [-0.3, -0.25) is 4.79 Å². The highest BCUT2D eigenvalue weighted by Gasteiger charge is 2.10. The summed E-state index contributed by atoms with van der Waals surface area (Å²) in [5.41, 5.74) is 5.01. The number of carbonyl (C=O) groups is 1. The Hall–Kier alpha value is -3.27. The molecule has 0 fully saturated rings. The van der Waals surface area contributed by atoms with Gasteiger partial charge in [-0.15, -0.1) is 0 Å². The molecule has 4 aromatic rings. The van der Waals surface area contributed by atoms with Crippen LogP contribution in [0.4, 0.5) is 0 Å². The van der Waals surface area contributed by atoms with Crippen molar-refractivity contribution < 1.29 is 4.79 Å². The van der Waals surface area contributed by atoms with E-state index in [4.69, 9.17) is 0 Å². The molecule has 2 aromatic carbocycles. The largest absolute Gasteiger partial charge is 0.358 e. The van der Waals surface area contributed by atoms with Gasteiger partial charge in [-0.1, -0.05) is 18.2 Å².